The van der Waals surface area contributed by atoms with Crippen LogP contribution in [0.15, 0.2) is 237 Å². The number of hydrogen-bond acceptors (Lipinski definition) is 5. The molecule has 1 aliphatic rings. The van der Waals surface area contributed by atoms with Gasteiger partial charge in [0.25, 0.3) is 0 Å². The van der Waals surface area contributed by atoms with Gasteiger partial charge in [0.15, 0.2) is 23.1 Å². The summed E-state index contributed by atoms with van der Waals surface area (Å²) >= 11 is 0. The second kappa shape index (κ2) is 17.2. The molecule has 0 saturated carbocycles. The number of ether oxygens (including phenoxy) is 1. The Morgan fingerprint density at radius 2 is 0.899 bits per heavy atom. The summed E-state index contributed by atoms with van der Waals surface area (Å²) in [7, 11) is 0. The highest BCUT2D eigenvalue weighted by Gasteiger charge is 2.44. The molecule has 0 unspecified atom stereocenters. The number of benzene rings is 10. The van der Waals surface area contributed by atoms with Crippen molar-refractivity contribution in [3.05, 3.63) is 265 Å². The molecule has 10 aromatic carbocycles. The van der Waals surface area contributed by atoms with E-state index in [1.807, 2.05) is 103 Å². The van der Waals surface area contributed by atoms with E-state index in [1.165, 1.54) is 16.8 Å². The highest BCUT2D eigenvalue weighted by molar-refractivity contribution is 5.97. The van der Waals surface area contributed by atoms with E-state index >= 15 is 4.39 Å². The Balaban J connectivity index is 0.925. The van der Waals surface area contributed by atoms with E-state index in [9.17, 15) is 5.26 Å². The summed E-state index contributed by atoms with van der Waals surface area (Å²) in [6, 6.07) is 80.8. The molecule has 0 aliphatic carbocycles. The van der Waals surface area contributed by atoms with Crippen molar-refractivity contribution in [3.63, 3.8) is 0 Å². The maximum Gasteiger partial charge on any atom is 0.185 e. The highest BCUT2D eigenvalue weighted by Crippen LogP contribution is 2.52. The van der Waals surface area contributed by atoms with Crippen LogP contribution in [0.4, 0.5) is 4.39 Å². The van der Waals surface area contributed by atoms with Gasteiger partial charge in [-0.1, -0.05) is 206 Å². The van der Waals surface area contributed by atoms with Crippen LogP contribution in [0.25, 0.3) is 89.4 Å². The Morgan fingerprint density at radius 1 is 0.391 bits per heavy atom. The van der Waals surface area contributed by atoms with Crippen molar-refractivity contribution in [2.75, 3.05) is 0 Å². The summed E-state index contributed by atoms with van der Waals surface area (Å²) in [4.78, 5) is 15.2. The molecule has 5 nitrogen and oxygen atoms in total. The molecular weight excluding hydrogens is 848 g/mol. The van der Waals surface area contributed by atoms with Crippen molar-refractivity contribution < 1.29 is 9.13 Å². The number of halogens is 1. The van der Waals surface area contributed by atoms with Gasteiger partial charge in [-0.15, -0.1) is 0 Å². The quantitative estimate of drug-likeness (QED) is 0.152. The Labute approximate surface area is 399 Å². The van der Waals surface area contributed by atoms with Crippen molar-refractivity contribution in [3.8, 4) is 90.5 Å². The van der Waals surface area contributed by atoms with Gasteiger partial charge in [0, 0.05) is 38.9 Å². The molecule has 12 rings (SSSR count). The standard InChI is InChI=1S/C63H39FN4O/c64-53-34-36-58-57(39-53)56-35-33-50(38-59(56)69-63(58,51-15-3-1-4-16-51)52-17-5-2-6-18-52)43-23-29-47(30-24-43)61-66-60(46-27-21-42(22-28-46)49-14-9-11-41(37-49)40-65)67-62(68-61)48-31-25-45(26-32-48)55-20-10-13-44-12-7-8-19-54(44)55/h1-39H. The number of nitriles is 1. The average Bonchev–Trinajstić information content (AvgIpc) is 3.43. The van der Waals surface area contributed by atoms with Crippen LogP contribution >= 0.6 is 0 Å². The van der Waals surface area contributed by atoms with Crippen molar-refractivity contribution in [1.29, 1.82) is 5.26 Å². The molecule has 0 N–H and O–H groups in total. The van der Waals surface area contributed by atoms with Gasteiger partial charge in [0.2, 0.25) is 0 Å². The van der Waals surface area contributed by atoms with Crippen LogP contribution in [-0.2, 0) is 5.60 Å². The van der Waals surface area contributed by atoms with Gasteiger partial charge in [0.05, 0.1) is 11.6 Å². The first-order valence-electron chi connectivity index (χ1n) is 22.8. The summed E-state index contributed by atoms with van der Waals surface area (Å²) in [5.41, 5.74) is 12.6. The van der Waals surface area contributed by atoms with Crippen LogP contribution in [0.2, 0.25) is 0 Å². The van der Waals surface area contributed by atoms with E-state index in [2.05, 4.69) is 121 Å². The molecule has 0 bridgehead atoms. The zero-order valence-electron chi connectivity index (χ0n) is 37.1. The van der Waals surface area contributed by atoms with Crippen LogP contribution in [0, 0.1) is 17.1 Å². The molecule has 324 valence electrons. The van der Waals surface area contributed by atoms with Crippen LogP contribution in [0.5, 0.6) is 5.75 Å². The van der Waals surface area contributed by atoms with Gasteiger partial charge < -0.3 is 4.74 Å². The van der Waals surface area contributed by atoms with E-state index in [0.717, 1.165) is 77.9 Å². The second-order valence-electron chi connectivity index (χ2n) is 17.2. The molecule has 11 aromatic rings. The van der Waals surface area contributed by atoms with Crippen molar-refractivity contribution >= 4 is 10.8 Å². The van der Waals surface area contributed by atoms with Gasteiger partial charge in [-0.25, -0.2) is 19.3 Å². The van der Waals surface area contributed by atoms with Gasteiger partial charge in [-0.2, -0.15) is 5.26 Å². The van der Waals surface area contributed by atoms with Crippen LogP contribution in [0.1, 0.15) is 22.3 Å². The second-order valence-corrected chi connectivity index (χ2v) is 17.2. The summed E-state index contributed by atoms with van der Waals surface area (Å²) in [5, 5.41) is 11.9. The highest BCUT2D eigenvalue weighted by atomic mass is 19.1. The Morgan fingerprint density at radius 3 is 1.51 bits per heavy atom. The van der Waals surface area contributed by atoms with Crippen molar-refractivity contribution in [2.24, 2.45) is 0 Å². The lowest BCUT2D eigenvalue weighted by Gasteiger charge is -2.41. The third-order valence-corrected chi connectivity index (χ3v) is 13.1. The minimum absolute atomic E-state index is 0.307. The van der Waals surface area contributed by atoms with Gasteiger partial charge in [-0.3, -0.25) is 0 Å². The first-order chi connectivity index (χ1) is 34.0. The third-order valence-electron chi connectivity index (χ3n) is 13.1. The lowest BCUT2D eigenvalue weighted by Crippen LogP contribution is -2.38. The lowest BCUT2D eigenvalue weighted by molar-refractivity contribution is 0.152. The Kier molecular flexibility index (Phi) is 10.2. The summed E-state index contributed by atoms with van der Waals surface area (Å²) in [6.45, 7) is 0. The zero-order chi connectivity index (χ0) is 46.3. The molecule has 0 spiro atoms. The number of nitrogens with zero attached hydrogens (tertiary/aromatic N) is 4. The molecule has 0 radical (unpaired) electrons. The fraction of sp³-hybridized carbons (Fsp3) is 0.0159. The summed E-state index contributed by atoms with van der Waals surface area (Å²) in [6.07, 6.45) is 0. The van der Waals surface area contributed by atoms with Crippen molar-refractivity contribution in [1.82, 2.24) is 15.0 Å². The minimum Gasteiger partial charge on any atom is -0.472 e. The first kappa shape index (κ1) is 41.1. The molecular formula is C63H39FN4O. The largest absolute Gasteiger partial charge is 0.472 e. The zero-order valence-corrected chi connectivity index (χ0v) is 37.1. The van der Waals surface area contributed by atoms with E-state index in [4.69, 9.17) is 19.7 Å². The summed E-state index contributed by atoms with van der Waals surface area (Å²) in [5.74, 6) is 1.98. The monoisotopic (exact) mass is 886 g/mol. The third kappa shape index (κ3) is 7.49. The smallest absolute Gasteiger partial charge is 0.185 e. The van der Waals surface area contributed by atoms with E-state index in [-0.39, 0.29) is 5.82 Å². The predicted molar refractivity (Wildman–Crippen MR) is 273 cm³/mol. The molecule has 0 amide bonds. The maximum absolute atomic E-state index is 15.2. The first-order valence-corrected chi connectivity index (χ1v) is 22.8. The van der Waals surface area contributed by atoms with Gasteiger partial charge in [0.1, 0.15) is 11.6 Å². The van der Waals surface area contributed by atoms with E-state index in [1.54, 1.807) is 12.1 Å². The fourth-order valence-electron chi connectivity index (χ4n) is 9.65. The SMILES string of the molecule is N#Cc1cccc(-c2ccc(-c3nc(-c4ccc(-c5ccc6c(c5)OC(c5ccccc5)(c5ccccc5)c5ccc(F)cc5-6)cc4)nc(-c4ccc(-c5cccc6ccccc56)cc4)n3)cc2)c1. The number of fused-ring (bicyclic) bond motifs is 4. The molecule has 0 saturated heterocycles. The van der Waals surface area contributed by atoms with Crippen LogP contribution < -0.4 is 4.74 Å². The average molecular weight is 887 g/mol. The predicted octanol–water partition coefficient (Wildman–Crippen LogP) is 15.4. The normalized spacial score (nSPS) is 12.3. The molecule has 2 heterocycles. The van der Waals surface area contributed by atoms with Crippen LogP contribution in [0.3, 0.4) is 0 Å². The van der Waals surface area contributed by atoms with Gasteiger partial charge >= 0.3 is 0 Å². The maximum atomic E-state index is 15.2. The molecule has 69 heavy (non-hydrogen) atoms. The molecule has 0 atom stereocenters. The number of hydrogen-bond donors (Lipinski definition) is 0. The number of rotatable bonds is 8. The topological polar surface area (TPSA) is 71.7 Å². The van der Waals surface area contributed by atoms with E-state index < -0.39 is 5.60 Å². The molecule has 1 aliphatic heterocycles. The molecule has 1 aromatic heterocycles. The molecule has 0 fully saturated rings. The lowest BCUT2D eigenvalue weighted by atomic mass is 9.75. The Bertz CT molecular complexity index is 3710. The van der Waals surface area contributed by atoms with Crippen LogP contribution in [-0.4, -0.2) is 15.0 Å². The fourth-order valence-corrected chi connectivity index (χ4v) is 9.65. The molecule has 6 heteroatoms. The Hall–Kier alpha value is -9.31. The van der Waals surface area contributed by atoms with Gasteiger partial charge in [-0.05, 0) is 80.0 Å². The number of aromatic nitrogens is 3. The minimum atomic E-state index is -1.02. The summed E-state index contributed by atoms with van der Waals surface area (Å²) < 4.78 is 22.4. The van der Waals surface area contributed by atoms with E-state index in [0.29, 0.717) is 28.8 Å². The van der Waals surface area contributed by atoms with Crippen molar-refractivity contribution in [2.45, 2.75) is 5.60 Å².